The Hall–Kier alpha value is -0.470. The van der Waals surface area contributed by atoms with Crippen LogP contribution in [0.2, 0.25) is 0 Å². The molecule has 1 aromatic rings. The quantitative estimate of drug-likeness (QED) is 0.530. The molecular weight excluding hydrogens is 226 g/mol. The van der Waals surface area contributed by atoms with Crippen molar-refractivity contribution in [3.63, 3.8) is 0 Å². The predicted molar refractivity (Wildman–Crippen MR) is 76.7 cm³/mol. The molecule has 0 bridgehead atoms. The number of nitrogens with zero attached hydrogens (tertiary/aromatic N) is 1. The minimum absolute atomic E-state index is 1.27. The minimum atomic E-state index is 1.27. The lowest BCUT2D eigenvalue weighted by atomic mass is 10.2. The first-order chi connectivity index (χ1) is 8.45. The summed E-state index contributed by atoms with van der Waals surface area (Å²) < 4.78 is 0. The van der Waals surface area contributed by atoms with Crippen LogP contribution >= 0.6 is 11.8 Å². The van der Waals surface area contributed by atoms with Crippen LogP contribution in [0.3, 0.4) is 0 Å². The number of hydrogen-bond donors (Lipinski definition) is 0. The van der Waals surface area contributed by atoms with E-state index >= 15 is 0 Å². The lowest BCUT2D eigenvalue weighted by molar-refractivity contribution is 0.330. The highest BCUT2D eigenvalue weighted by Gasteiger charge is 2.09. The molecule has 17 heavy (non-hydrogen) atoms. The summed E-state index contributed by atoms with van der Waals surface area (Å²) in [6.45, 7) is 4.02. The van der Waals surface area contributed by atoms with Crippen LogP contribution in [0, 0.1) is 0 Å². The third-order valence-electron chi connectivity index (χ3n) is 3.33. The van der Waals surface area contributed by atoms with Gasteiger partial charge in [0.2, 0.25) is 0 Å². The molecule has 2 rings (SSSR count). The molecule has 1 aromatic carbocycles. The van der Waals surface area contributed by atoms with E-state index in [-0.39, 0.29) is 0 Å². The van der Waals surface area contributed by atoms with E-state index in [9.17, 15) is 0 Å². The Balaban J connectivity index is 1.46. The minimum Gasteiger partial charge on any atom is -0.303 e. The van der Waals surface area contributed by atoms with Crippen molar-refractivity contribution >= 4 is 11.8 Å². The average molecular weight is 249 g/mol. The number of benzene rings is 1. The summed E-state index contributed by atoms with van der Waals surface area (Å²) in [5.74, 6) is 1.27. The molecule has 1 aliphatic rings. The highest BCUT2D eigenvalue weighted by molar-refractivity contribution is 7.99. The fourth-order valence-electron chi connectivity index (χ4n) is 2.33. The molecule has 2 heteroatoms. The van der Waals surface area contributed by atoms with Gasteiger partial charge in [-0.3, -0.25) is 0 Å². The summed E-state index contributed by atoms with van der Waals surface area (Å²) >= 11 is 1.99. The maximum atomic E-state index is 2.62. The van der Waals surface area contributed by atoms with Crippen LogP contribution in [0.4, 0.5) is 0 Å². The van der Waals surface area contributed by atoms with Crippen LogP contribution in [0.5, 0.6) is 0 Å². The van der Waals surface area contributed by atoms with Crippen molar-refractivity contribution in [3.05, 3.63) is 30.3 Å². The van der Waals surface area contributed by atoms with E-state index in [1.807, 2.05) is 11.8 Å². The lowest BCUT2D eigenvalue weighted by Gasteiger charge is -2.13. The Kier molecular flexibility index (Phi) is 5.94. The normalized spacial score (nSPS) is 16.5. The van der Waals surface area contributed by atoms with Crippen molar-refractivity contribution in [2.24, 2.45) is 0 Å². The maximum absolute atomic E-state index is 2.62. The first-order valence-electron chi connectivity index (χ1n) is 6.85. The second kappa shape index (κ2) is 7.78. The zero-order valence-electron chi connectivity index (χ0n) is 10.6. The zero-order chi connectivity index (χ0) is 11.8. The summed E-state index contributed by atoms with van der Waals surface area (Å²) in [4.78, 5) is 4.02. The van der Waals surface area contributed by atoms with Crippen LogP contribution in [0.1, 0.15) is 32.1 Å². The Morgan fingerprint density at radius 2 is 1.71 bits per heavy atom. The molecule has 0 amide bonds. The second-order valence-electron chi connectivity index (χ2n) is 4.77. The number of unbranched alkanes of at least 4 members (excludes halogenated alkanes) is 2. The lowest BCUT2D eigenvalue weighted by Crippen LogP contribution is -2.20. The van der Waals surface area contributed by atoms with Gasteiger partial charge in [-0.1, -0.05) is 24.6 Å². The van der Waals surface area contributed by atoms with Crippen molar-refractivity contribution in [3.8, 4) is 0 Å². The first-order valence-corrected chi connectivity index (χ1v) is 7.84. The van der Waals surface area contributed by atoms with Crippen molar-refractivity contribution in [2.75, 3.05) is 25.4 Å². The smallest absolute Gasteiger partial charge is 0.00719 e. The van der Waals surface area contributed by atoms with Crippen molar-refractivity contribution < 1.29 is 0 Å². The van der Waals surface area contributed by atoms with E-state index < -0.39 is 0 Å². The molecule has 1 heterocycles. The molecule has 0 atom stereocenters. The highest BCUT2D eigenvalue weighted by atomic mass is 32.2. The molecule has 1 nitrogen and oxygen atoms in total. The number of rotatable bonds is 7. The van der Waals surface area contributed by atoms with E-state index in [1.165, 1.54) is 62.4 Å². The molecule has 0 N–H and O–H groups in total. The van der Waals surface area contributed by atoms with Gasteiger partial charge in [0.05, 0.1) is 0 Å². The third-order valence-corrected chi connectivity index (χ3v) is 4.43. The molecule has 94 valence electrons. The largest absolute Gasteiger partial charge is 0.303 e. The Bertz CT molecular complexity index is 293. The SMILES string of the molecule is c1ccc(SCCCCCN2CCCC2)cc1. The van der Waals surface area contributed by atoms with Crippen LogP contribution < -0.4 is 0 Å². The maximum Gasteiger partial charge on any atom is 0.00719 e. The van der Waals surface area contributed by atoms with Crippen LogP contribution in [0.15, 0.2) is 35.2 Å². The number of hydrogen-bond acceptors (Lipinski definition) is 2. The highest BCUT2D eigenvalue weighted by Crippen LogP contribution is 2.19. The molecule has 1 aliphatic heterocycles. The Morgan fingerprint density at radius 3 is 2.47 bits per heavy atom. The molecule has 0 aromatic heterocycles. The molecular formula is C15H23NS. The van der Waals surface area contributed by atoms with E-state index in [1.54, 1.807) is 0 Å². The number of thioether (sulfide) groups is 1. The van der Waals surface area contributed by atoms with E-state index in [0.717, 1.165) is 0 Å². The van der Waals surface area contributed by atoms with Crippen molar-refractivity contribution in [1.29, 1.82) is 0 Å². The van der Waals surface area contributed by atoms with Gasteiger partial charge in [0, 0.05) is 4.90 Å². The molecule has 0 radical (unpaired) electrons. The average Bonchev–Trinajstić information content (AvgIpc) is 2.88. The third kappa shape index (κ3) is 5.13. The van der Waals surface area contributed by atoms with Gasteiger partial charge >= 0.3 is 0 Å². The molecule has 1 fully saturated rings. The molecule has 0 unspecified atom stereocenters. The summed E-state index contributed by atoms with van der Waals surface area (Å²) in [6, 6.07) is 10.7. The van der Waals surface area contributed by atoms with Crippen LogP contribution in [0.25, 0.3) is 0 Å². The fourth-order valence-corrected chi connectivity index (χ4v) is 3.26. The monoisotopic (exact) mass is 249 g/mol. The summed E-state index contributed by atoms with van der Waals surface area (Å²) in [5, 5.41) is 0. The topological polar surface area (TPSA) is 3.24 Å². The van der Waals surface area contributed by atoms with Gasteiger partial charge in [0.15, 0.2) is 0 Å². The Labute approximate surface area is 110 Å². The van der Waals surface area contributed by atoms with E-state index in [0.29, 0.717) is 0 Å². The van der Waals surface area contributed by atoms with Gasteiger partial charge < -0.3 is 4.90 Å². The Morgan fingerprint density at radius 1 is 0.941 bits per heavy atom. The van der Waals surface area contributed by atoms with Crippen LogP contribution in [-0.2, 0) is 0 Å². The molecule has 1 saturated heterocycles. The van der Waals surface area contributed by atoms with Gasteiger partial charge in [-0.15, -0.1) is 11.8 Å². The summed E-state index contributed by atoms with van der Waals surface area (Å²) in [7, 11) is 0. The van der Waals surface area contributed by atoms with E-state index in [4.69, 9.17) is 0 Å². The summed E-state index contributed by atoms with van der Waals surface area (Å²) in [5.41, 5.74) is 0. The summed E-state index contributed by atoms with van der Waals surface area (Å²) in [6.07, 6.45) is 6.97. The standard InChI is InChI=1S/C15H23NS/c1-3-9-15(10-4-1)17-14-8-2-5-11-16-12-6-7-13-16/h1,3-4,9-10H,2,5-8,11-14H2. The zero-order valence-corrected chi connectivity index (χ0v) is 11.4. The molecule has 0 aliphatic carbocycles. The van der Waals surface area contributed by atoms with Gasteiger partial charge in [-0.25, -0.2) is 0 Å². The molecule has 0 saturated carbocycles. The van der Waals surface area contributed by atoms with Gasteiger partial charge in [-0.2, -0.15) is 0 Å². The fraction of sp³-hybridized carbons (Fsp3) is 0.600. The first kappa shape index (κ1) is 13.0. The van der Waals surface area contributed by atoms with Gasteiger partial charge in [0.1, 0.15) is 0 Å². The van der Waals surface area contributed by atoms with E-state index in [2.05, 4.69) is 35.2 Å². The van der Waals surface area contributed by atoms with Crippen molar-refractivity contribution in [2.45, 2.75) is 37.0 Å². The van der Waals surface area contributed by atoms with Gasteiger partial charge in [-0.05, 0) is 63.2 Å². The predicted octanol–water partition coefficient (Wildman–Crippen LogP) is 4.04. The van der Waals surface area contributed by atoms with Crippen LogP contribution in [-0.4, -0.2) is 30.3 Å². The van der Waals surface area contributed by atoms with Gasteiger partial charge in [0.25, 0.3) is 0 Å². The second-order valence-corrected chi connectivity index (χ2v) is 5.94. The molecule has 0 spiro atoms. The number of likely N-dealkylation sites (tertiary alicyclic amines) is 1. The van der Waals surface area contributed by atoms with Crippen molar-refractivity contribution in [1.82, 2.24) is 4.90 Å².